The molecule has 0 radical (unpaired) electrons. The molecule has 1 saturated heterocycles. The van der Waals surface area contributed by atoms with Crippen LogP contribution in [0.5, 0.6) is 5.75 Å². The highest BCUT2D eigenvalue weighted by Gasteiger charge is 2.48. The van der Waals surface area contributed by atoms with Crippen LogP contribution >= 0.6 is 0 Å². The Labute approximate surface area is 139 Å². The number of hydrogen-bond acceptors (Lipinski definition) is 3. The minimum absolute atomic E-state index is 0.00574. The van der Waals surface area contributed by atoms with Crippen LogP contribution in [0, 0.1) is 5.92 Å². The molecular weight excluding hydrogens is 286 g/mol. The fraction of sp³-hybridized carbons (Fsp3) is 0.650. The van der Waals surface area contributed by atoms with Gasteiger partial charge in [0.1, 0.15) is 12.0 Å². The molecule has 0 bridgehead atoms. The second kappa shape index (κ2) is 7.48. The van der Waals surface area contributed by atoms with E-state index in [1.165, 1.54) is 44.1 Å². The summed E-state index contributed by atoms with van der Waals surface area (Å²) in [5.74, 6) is 1.34. The number of carbonyl (C=O) groups is 1. The summed E-state index contributed by atoms with van der Waals surface area (Å²) in [5, 5.41) is 3.43. The van der Waals surface area contributed by atoms with E-state index < -0.39 is 0 Å². The predicted octanol–water partition coefficient (Wildman–Crippen LogP) is 3.85. The van der Waals surface area contributed by atoms with E-state index in [1.54, 1.807) is 7.11 Å². The summed E-state index contributed by atoms with van der Waals surface area (Å²) in [4.78, 5) is 11.5. The van der Waals surface area contributed by atoms with Crippen LogP contribution < -0.4 is 10.1 Å². The number of rotatable bonds is 3. The minimum Gasteiger partial charge on any atom is -0.497 e. The van der Waals surface area contributed by atoms with Gasteiger partial charge in [-0.2, -0.15) is 0 Å². The average molecular weight is 315 g/mol. The lowest BCUT2D eigenvalue weighted by Gasteiger charge is -2.37. The normalized spacial score (nSPS) is 32.0. The van der Waals surface area contributed by atoms with E-state index in [2.05, 4.69) is 23.5 Å². The zero-order valence-electron chi connectivity index (χ0n) is 14.2. The molecule has 4 rings (SSSR count). The molecule has 3 nitrogen and oxygen atoms in total. The van der Waals surface area contributed by atoms with E-state index in [9.17, 15) is 4.79 Å². The molecule has 3 heteroatoms. The van der Waals surface area contributed by atoms with Crippen LogP contribution in [0.15, 0.2) is 24.3 Å². The van der Waals surface area contributed by atoms with Crippen molar-refractivity contribution in [3.8, 4) is 5.75 Å². The van der Waals surface area contributed by atoms with E-state index in [0.717, 1.165) is 31.4 Å². The number of fused-ring (bicyclic) bond motifs is 1. The number of methoxy groups -OCH3 is 1. The third-order valence-electron chi connectivity index (χ3n) is 5.61. The van der Waals surface area contributed by atoms with Crippen LogP contribution in [0.1, 0.15) is 56.9 Å². The van der Waals surface area contributed by atoms with Crippen molar-refractivity contribution in [2.75, 3.05) is 13.7 Å². The van der Waals surface area contributed by atoms with Crippen molar-refractivity contribution in [3.63, 3.8) is 0 Å². The van der Waals surface area contributed by atoms with Gasteiger partial charge >= 0.3 is 0 Å². The average Bonchev–Trinajstić information content (AvgIpc) is 3.44. The van der Waals surface area contributed by atoms with Gasteiger partial charge in [-0.1, -0.05) is 37.8 Å². The molecule has 126 valence electrons. The predicted molar refractivity (Wildman–Crippen MR) is 93.0 cm³/mol. The van der Waals surface area contributed by atoms with Gasteiger partial charge in [0.2, 0.25) is 0 Å². The topological polar surface area (TPSA) is 38.3 Å². The molecule has 3 fully saturated rings. The highest BCUT2D eigenvalue weighted by Crippen LogP contribution is 2.51. The van der Waals surface area contributed by atoms with Crippen molar-refractivity contribution < 1.29 is 9.53 Å². The second-order valence-corrected chi connectivity index (χ2v) is 7.17. The van der Waals surface area contributed by atoms with E-state index in [-0.39, 0.29) is 11.5 Å². The third kappa shape index (κ3) is 3.60. The van der Waals surface area contributed by atoms with E-state index >= 15 is 0 Å². The zero-order valence-corrected chi connectivity index (χ0v) is 14.2. The lowest BCUT2D eigenvalue weighted by molar-refractivity contribution is -0.111. The highest BCUT2D eigenvalue weighted by molar-refractivity contribution is 5.59. The monoisotopic (exact) mass is 315 g/mol. The Morgan fingerprint density at radius 1 is 1.17 bits per heavy atom. The molecule has 1 aliphatic heterocycles. The summed E-state index contributed by atoms with van der Waals surface area (Å²) in [7, 11) is 1.71. The summed E-state index contributed by atoms with van der Waals surface area (Å²) >= 11 is 0. The van der Waals surface area contributed by atoms with Crippen LogP contribution in [-0.2, 0) is 10.2 Å². The summed E-state index contributed by atoms with van der Waals surface area (Å²) in [6.07, 6.45) is 11.5. The molecule has 0 aromatic heterocycles. The standard InChI is InChI=1S/C17H23NO2.C3H6/c1-20-14-6-2-5-13(11-14)17-8-3-7-15(17)16(12-19)18-10-4-9-17;1-2-3-1/h2,5-6,11-12,15-16,18H,3-4,7-10H2,1H3;1-3H2. The molecule has 1 aromatic rings. The Morgan fingerprint density at radius 3 is 2.65 bits per heavy atom. The maximum absolute atomic E-state index is 11.5. The van der Waals surface area contributed by atoms with Crippen molar-refractivity contribution in [2.24, 2.45) is 5.92 Å². The third-order valence-corrected chi connectivity index (χ3v) is 5.61. The lowest BCUT2D eigenvalue weighted by Crippen LogP contribution is -2.43. The molecule has 3 aliphatic rings. The summed E-state index contributed by atoms with van der Waals surface area (Å²) < 4.78 is 5.39. The van der Waals surface area contributed by atoms with E-state index in [1.807, 2.05) is 6.07 Å². The Hall–Kier alpha value is -1.35. The SMILES string of the molecule is C1CC1.COc1cccc(C23CCCNC(C=O)C2CCC3)c1. The van der Waals surface area contributed by atoms with Crippen LogP contribution in [0.3, 0.4) is 0 Å². The molecule has 2 saturated carbocycles. The smallest absolute Gasteiger partial charge is 0.137 e. The first kappa shape index (κ1) is 16.5. The number of nitrogens with one attached hydrogen (secondary N) is 1. The molecule has 2 aliphatic carbocycles. The zero-order chi connectivity index (χ0) is 16.1. The van der Waals surface area contributed by atoms with Gasteiger partial charge in [0.05, 0.1) is 13.2 Å². The summed E-state index contributed by atoms with van der Waals surface area (Å²) in [6, 6.07) is 8.47. The number of benzene rings is 1. The minimum atomic E-state index is 0.00574. The Kier molecular flexibility index (Phi) is 5.37. The Morgan fingerprint density at radius 2 is 1.96 bits per heavy atom. The van der Waals surface area contributed by atoms with Gasteiger partial charge < -0.3 is 14.8 Å². The second-order valence-electron chi connectivity index (χ2n) is 7.17. The molecule has 0 amide bonds. The van der Waals surface area contributed by atoms with Gasteiger partial charge in [-0.25, -0.2) is 0 Å². The number of carbonyl (C=O) groups excluding carboxylic acids is 1. The van der Waals surface area contributed by atoms with Crippen molar-refractivity contribution in [1.29, 1.82) is 0 Å². The summed E-state index contributed by atoms with van der Waals surface area (Å²) in [6.45, 7) is 0.950. The number of aldehydes is 1. The molecule has 3 unspecified atom stereocenters. The molecule has 3 atom stereocenters. The first-order valence-electron chi connectivity index (χ1n) is 9.13. The van der Waals surface area contributed by atoms with Gasteiger partial charge in [-0.15, -0.1) is 0 Å². The fourth-order valence-electron chi connectivity index (χ4n) is 4.33. The maximum atomic E-state index is 11.5. The van der Waals surface area contributed by atoms with Crippen molar-refractivity contribution >= 4 is 6.29 Å². The van der Waals surface area contributed by atoms with Gasteiger partial charge in [-0.05, 0) is 55.8 Å². The number of ether oxygens (including phenoxy) is 1. The molecule has 1 aromatic carbocycles. The van der Waals surface area contributed by atoms with Gasteiger partial charge in [-0.3, -0.25) is 0 Å². The van der Waals surface area contributed by atoms with Crippen molar-refractivity contribution in [2.45, 2.75) is 62.8 Å². The fourth-order valence-corrected chi connectivity index (χ4v) is 4.33. The largest absolute Gasteiger partial charge is 0.497 e. The van der Waals surface area contributed by atoms with Crippen LogP contribution in [0.4, 0.5) is 0 Å². The van der Waals surface area contributed by atoms with E-state index in [0.29, 0.717) is 5.92 Å². The van der Waals surface area contributed by atoms with Gasteiger partial charge in [0.25, 0.3) is 0 Å². The summed E-state index contributed by atoms with van der Waals surface area (Å²) in [5.41, 5.74) is 1.51. The van der Waals surface area contributed by atoms with E-state index in [4.69, 9.17) is 4.74 Å². The van der Waals surface area contributed by atoms with Crippen LogP contribution in [-0.4, -0.2) is 26.0 Å². The lowest BCUT2D eigenvalue weighted by atomic mass is 9.67. The Balaban J connectivity index is 0.000000468. The molecular formula is C20H29NO2. The Bertz CT molecular complexity index is 525. The van der Waals surface area contributed by atoms with Crippen molar-refractivity contribution in [3.05, 3.63) is 29.8 Å². The first-order valence-corrected chi connectivity index (χ1v) is 9.13. The van der Waals surface area contributed by atoms with Gasteiger partial charge in [0, 0.05) is 5.41 Å². The first-order chi connectivity index (χ1) is 11.3. The maximum Gasteiger partial charge on any atom is 0.137 e. The number of hydrogen-bond donors (Lipinski definition) is 1. The molecule has 23 heavy (non-hydrogen) atoms. The molecule has 1 heterocycles. The van der Waals surface area contributed by atoms with Crippen LogP contribution in [0.25, 0.3) is 0 Å². The van der Waals surface area contributed by atoms with Crippen LogP contribution in [0.2, 0.25) is 0 Å². The molecule has 0 spiro atoms. The highest BCUT2D eigenvalue weighted by atomic mass is 16.5. The van der Waals surface area contributed by atoms with Gasteiger partial charge in [0.15, 0.2) is 0 Å². The quantitative estimate of drug-likeness (QED) is 0.861. The molecule has 1 N–H and O–H groups in total. The van der Waals surface area contributed by atoms with Crippen molar-refractivity contribution in [1.82, 2.24) is 5.32 Å².